The molecule has 204 valence electrons. The van der Waals surface area contributed by atoms with E-state index in [1.165, 1.54) is 11.3 Å². The molecule has 1 aliphatic heterocycles. The highest BCUT2D eigenvalue weighted by molar-refractivity contribution is 7.86. The van der Waals surface area contributed by atoms with Crippen LogP contribution in [0.15, 0.2) is 48.4 Å². The molecule has 0 spiro atoms. The lowest BCUT2D eigenvalue weighted by molar-refractivity contribution is -0.668. The van der Waals surface area contributed by atoms with Gasteiger partial charge in [0.1, 0.15) is 4.70 Å². The number of allylic oxidation sites excluding steroid dienone is 2. The van der Waals surface area contributed by atoms with Crippen LogP contribution in [-0.4, -0.2) is 44.0 Å². The molecular formula is C23H22Cl3N2O7S3+. The predicted molar refractivity (Wildman–Crippen MR) is 151 cm³/mol. The second kappa shape index (κ2) is 11.7. The number of aromatic nitrogens is 1. The molecule has 9 nitrogen and oxygen atoms in total. The Bertz CT molecular complexity index is 1650. The van der Waals surface area contributed by atoms with Crippen LogP contribution < -0.4 is 14.2 Å². The molecule has 0 radical (unpaired) electrons. The molecule has 3 aromatic rings. The zero-order chi connectivity index (χ0) is 27.7. The third-order valence-corrected chi connectivity index (χ3v) is 9.21. The van der Waals surface area contributed by atoms with Gasteiger partial charge in [0, 0.05) is 36.2 Å². The maximum absolute atomic E-state index is 11.2. The Balaban J connectivity index is 1.64. The SMILES string of the molecule is O=S(=O)(O)CCCN1C(=CC=Cc2sc3ccc(Cl)cc3[n+]2CCCS(=O)(=O)O)Oc2cc(Cl)c(Cl)cc21. The molecule has 0 amide bonds. The highest BCUT2D eigenvalue weighted by atomic mass is 35.5. The molecule has 0 aliphatic carbocycles. The van der Waals surface area contributed by atoms with Gasteiger partial charge < -0.3 is 9.64 Å². The van der Waals surface area contributed by atoms with Crippen LogP contribution in [0.1, 0.15) is 17.8 Å². The molecule has 2 aromatic carbocycles. The summed E-state index contributed by atoms with van der Waals surface area (Å²) in [5.74, 6) is 0.0487. The Labute approximate surface area is 239 Å². The standard InChI is InChI=1S/C23H21Cl3N2O7S3/c24-15-6-7-21-19(12-15)28(9-3-11-38(32,33)34)23(36-21)5-1-4-22-27(8-2-10-37(29,30)31)18-13-16(25)17(26)14-20(18)35-22/h1,4-7,12-14H,2-3,8-11H2,(H-,29,30,31,32,33,34)/p+1. The number of ether oxygens (including phenoxy) is 1. The van der Waals surface area contributed by atoms with Crippen molar-refractivity contribution in [3.63, 3.8) is 0 Å². The molecule has 2 heterocycles. The largest absolute Gasteiger partial charge is 0.439 e. The van der Waals surface area contributed by atoms with Gasteiger partial charge >= 0.3 is 0 Å². The number of benzene rings is 2. The molecule has 0 bridgehead atoms. The Kier molecular flexibility index (Phi) is 8.95. The van der Waals surface area contributed by atoms with Gasteiger partial charge in [-0.15, -0.1) is 0 Å². The average Bonchev–Trinajstić information content (AvgIpc) is 3.30. The lowest BCUT2D eigenvalue weighted by Gasteiger charge is -2.17. The molecular weight excluding hydrogens is 619 g/mol. The number of fused-ring (bicyclic) bond motifs is 2. The van der Waals surface area contributed by atoms with Crippen LogP contribution in [-0.2, 0) is 26.8 Å². The van der Waals surface area contributed by atoms with Crippen molar-refractivity contribution < 1.29 is 35.2 Å². The fourth-order valence-corrected chi connectivity index (χ4v) is 6.45. The van der Waals surface area contributed by atoms with Gasteiger partial charge in [-0.05, 0) is 36.8 Å². The molecule has 4 rings (SSSR count). The summed E-state index contributed by atoms with van der Waals surface area (Å²) in [7, 11) is -8.22. The summed E-state index contributed by atoms with van der Waals surface area (Å²) < 4.78 is 71.8. The number of hydrogen-bond donors (Lipinski definition) is 2. The molecule has 15 heteroatoms. The van der Waals surface area contributed by atoms with Gasteiger partial charge in [0.25, 0.3) is 25.2 Å². The molecule has 0 fully saturated rings. The van der Waals surface area contributed by atoms with Gasteiger partial charge in [-0.25, -0.2) is 0 Å². The number of halogens is 3. The fraction of sp³-hybridized carbons (Fsp3) is 0.261. The highest BCUT2D eigenvalue weighted by Crippen LogP contribution is 2.43. The topological polar surface area (TPSA) is 125 Å². The summed E-state index contributed by atoms with van der Waals surface area (Å²) in [6.45, 7) is 0.554. The van der Waals surface area contributed by atoms with Crippen molar-refractivity contribution in [1.29, 1.82) is 0 Å². The quantitative estimate of drug-likeness (QED) is 0.221. The van der Waals surface area contributed by atoms with Crippen molar-refractivity contribution in [2.24, 2.45) is 0 Å². The van der Waals surface area contributed by atoms with Crippen LogP contribution in [0.5, 0.6) is 5.75 Å². The van der Waals surface area contributed by atoms with Gasteiger partial charge in [0.15, 0.2) is 12.3 Å². The van der Waals surface area contributed by atoms with E-state index in [0.717, 1.165) is 15.2 Å². The Morgan fingerprint density at radius 1 is 0.974 bits per heavy atom. The summed E-state index contributed by atoms with van der Waals surface area (Å²) >= 11 is 20.0. The Morgan fingerprint density at radius 3 is 2.37 bits per heavy atom. The third-order valence-electron chi connectivity index (χ3n) is 5.51. The minimum Gasteiger partial charge on any atom is -0.439 e. The maximum atomic E-state index is 11.2. The van der Waals surface area contributed by atoms with Crippen molar-refractivity contribution in [3.05, 3.63) is 68.4 Å². The van der Waals surface area contributed by atoms with E-state index in [1.54, 1.807) is 41.3 Å². The maximum Gasteiger partial charge on any atom is 0.265 e. The first-order chi connectivity index (χ1) is 17.8. The van der Waals surface area contributed by atoms with Crippen LogP contribution >= 0.6 is 46.1 Å². The van der Waals surface area contributed by atoms with Gasteiger partial charge in [0.2, 0.25) is 11.4 Å². The van der Waals surface area contributed by atoms with E-state index in [9.17, 15) is 16.8 Å². The summed E-state index contributed by atoms with van der Waals surface area (Å²) in [5, 5.41) is 1.94. The molecule has 1 aromatic heterocycles. The number of hydrogen-bond acceptors (Lipinski definition) is 7. The van der Waals surface area contributed by atoms with Crippen molar-refractivity contribution in [2.75, 3.05) is 23.0 Å². The van der Waals surface area contributed by atoms with Gasteiger partial charge in [-0.2, -0.15) is 21.4 Å². The molecule has 0 saturated carbocycles. The number of aryl methyl sites for hydroxylation is 1. The van der Waals surface area contributed by atoms with Crippen molar-refractivity contribution in [2.45, 2.75) is 19.4 Å². The van der Waals surface area contributed by atoms with Gasteiger partial charge in [0.05, 0.1) is 27.2 Å². The van der Waals surface area contributed by atoms with E-state index >= 15 is 0 Å². The molecule has 0 unspecified atom stereocenters. The summed E-state index contributed by atoms with van der Waals surface area (Å²) in [6, 6.07) is 8.62. The predicted octanol–water partition coefficient (Wildman–Crippen LogP) is 5.46. The van der Waals surface area contributed by atoms with E-state index in [4.69, 9.17) is 48.6 Å². The van der Waals surface area contributed by atoms with Crippen LogP contribution in [0.2, 0.25) is 15.1 Å². The number of thiazole rings is 1. The first-order valence-electron chi connectivity index (χ1n) is 11.2. The minimum atomic E-state index is -4.13. The van der Waals surface area contributed by atoms with Crippen LogP contribution in [0.25, 0.3) is 16.3 Å². The number of rotatable bonds is 10. The second-order valence-electron chi connectivity index (χ2n) is 8.33. The van der Waals surface area contributed by atoms with Crippen LogP contribution in [0.4, 0.5) is 5.69 Å². The smallest absolute Gasteiger partial charge is 0.265 e. The van der Waals surface area contributed by atoms with E-state index in [0.29, 0.717) is 38.9 Å². The van der Waals surface area contributed by atoms with Gasteiger partial charge in [-0.1, -0.05) is 46.1 Å². The highest BCUT2D eigenvalue weighted by Gasteiger charge is 2.28. The summed E-state index contributed by atoms with van der Waals surface area (Å²) in [6.07, 6.45) is 5.58. The van der Waals surface area contributed by atoms with E-state index in [2.05, 4.69) is 0 Å². The zero-order valence-electron chi connectivity index (χ0n) is 19.6. The number of nitrogens with zero attached hydrogens (tertiary/aromatic N) is 2. The van der Waals surface area contributed by atoms with Crippen molar-refractivity contribution in [1.82, 2.24) is 0 Å². The first-order valence-corrected chi connectivity index (χ1v) is 16.3. The molecule has 0 atom stereocenters. The van der Waals surface area contributed by atoms with E-state index in [1.807, 2.05) is 16.7 Å². The van der Waals surface area contributed by atoms with E-state index in [-0.39, 0.29) is 25.1 Å². The monoisotopic (exact) mass is 639 g/mol. The van der Waals surface area contributed by atoms with Crippen LogP contribution in [0.3, 0.4) is 0 Å². The summed E-state index contributed by atoms with van der Waals surface area (Å²) in [4.78, 5) is 1.73. The number of anilines is 1. The lowest BCUT2D eigenvalue weighted by Crippen LogP contribution is -2.36. The Hall–Kier alpha value is -1.90. The van der Waals surface area contributed by atoms with Gasteiger partial charge in [-0.3, -0.25) is 9.11 Å². The molecule has 38 heavy (non-hydrogen) atoms. The minimum absolute atomic E-state index is 0.133. The molecule has 0 saturated heterocycles. The summed E-state index contributed by atoms with van der Waals surface area (Å²) in [5.41, 5.74) is 1.43. The van der Waals surface area contributed by atoms with Crippen molar-refractivity contribution in [3.8, 4) is 5.75 Å². The Morgan fingerprint density at radius 2 is 1.66 bits per heavy atom. The van der Waals surface area contributed by atoms with E-state index < -0.39 is 26.0 Å². The first kappa shape index (κ1) is 29.1. The van der Waals surface area contributed by atoms with Crippen molar-refractivity contribution >= 4 is 88.4 Å². The fourth-order valence-electron chi connectivity index (χ4n) is 3.90. The van der Waals surface area contributed by atoms with Crippen LogP contribution in [0, 0.1) is 0 Å². The second-order valence-corrected chi connectivity index (χ2v) is 13.8. The molecule has 2 N–H and O–H groups in total. The average molecular weight is 641 g/mol. The zero-order valence-corrected chi connectivity index (χ0v) is 24.3. The molecule has 1 aliphatic rings. The lowest BCUT2D eigenvalue weighted by atomic mass is 10.2. The third kappa shape index (κ3) is 7.39. The normalized spacial score (nSPS) is 15.1.